The SMILES string of the molecule is C[C@H](NC(=O)c1ccc(NC(=O)OCC2c3ccccc3-c3ccccc32)c(Br)c1)C(=O)O. The van der Waals surface area contributed by atoms with Gasteiger partial charge in [-0.05, 0) is 63.3 Å². The molecule has 3 aromatic rings. The molecule has 0 aliphatic heterocycles. The Bertz CT molecular complexity index is 1200. The molecular weight excluding hydrogens is 488 g/mol. The highest BCUT2D eigenvalue weighted by atomic mass is 79.9. The molecule has 7 nitrogen and oxygen atoms in total. The van der Waals surface area contributed by atoms with Gasteiger partial charge in [-0.1, -0.05) is 48.5 Å². The first-order chi connectivity index (χ1) is 15.8. The second-order valence-electron chi connectivity index (χ2n) is 7.68. The smallest absolute Gasteiger partial charge is 0.411 e. The van der Waals surface area contributed by atoms with Crippen LogP contribution in [0.3, 0.4) is 0 Å². The molecule has 2 amide bonds. The Morgan fingerprint density at radius 1 is 1.00 bits per heavy atom. The predicted molar refractivity (Wildman–Crippen MR) is 127 cm³/mol. The molecule has 1 aliphatic rings. The molecule has 0 heterocycles. The summed E-state index contributed by atoms with van der Waals surface area (Å²) in [7, 11) is 0. The highest BCUT2D eigenvalue weighted by Crippen LogP contribution is 2.44. The van der Waals surface area contributed by atoms with Crippen LogP contribution in [0.5, 0.6) is 0 Å². The zero-order valence-electron chi connectivity index (χ0n) is 17.7. The number of amides is 2. The molecule has 1 aliphatic carbocycles. The number of carboxylic acids is 1. The van der Waals surface area contributed by atoms with Crippen molar-refractivity contribution in [2.75, 3.05) is 11.9 Å². The minimum atomic E-state index is -1.13. The first-order valence-electron chi connectivity index (χ1n) is 10.3. The number of rotatable bonds is 6. The highest BCUT2D eigenvalue weighted by Gasteiger charge is 2.29. The Morgan fingerprint density at radius 3 is 2.18 bits per heavy atom. The van der Waals surface area contributed by atoms with Crippen molar-refractivity contribution < 1.29 is 24.2 Å². The lowest BCUT2D eigenvalue weighted by molar-refractivity contribution is -0.138. The summed E-state index contributed by atoms with van der Waals surface area (Å²) in [5, 5.41) is 14.0. The number of ether oxygens (including phenoxy) is 1. The summed E-state index contributed by atoms with van der Waals surface area (Å²) in [4.78, 5) is 35.6. The summed E-state index contributed by atoms with van der Waals surface area (Å²) in [6.45, 7) is 1.56. The van der Waals surface area contributed by atoms with Gasteiger partial charge in [-0.25, -0.2) is 4.79 Å². The third-order valence-corrected chi connectivity index (χ3v) is 6.19. The van der Waals surface area contributed by atoms with E-state index in [1.807, 2.05) is 36.4 Å². The molecular formula is C25H21BrN2O5. The summed E-state index contributed by atoms with van der Waals surface area (Å²) in [6.07, 6.45) is -0.616. The standard InChI is InChI=1S/C25H21BrN2O5/c1-14(24(30)31)27-23(29)15-10-11-22(21(26)12-15)28-25(32)33-13-20-18-8-4-2-6-16(18)17-7-3-5-9-19(17)20/h2-12,14,20H,13H2,1H3,(H,27,29)(H,28,32)(H,30,31)/t14-/m0/s1. The number of hydrogen-bond donors (Lipinski definition) is 3. The number of nitrogens with one attached hydrogen (secondary N) is 2. The number of fused-ring (bicyclic) bond motifs is 3. The number of carbonyl (C=O) groups is 3. The van der Waals surface area contributed by atoms with Crippen molar-refractivity contribution in [1.82, 2.24) is 5.32 Å². The molecule has 4 rings (SSSR count). The molecule has 3 aromatic carbocycles. The van der Waals surface area contributed by atoms with Gasteiger partial charge in [-0.2, -0.15) is 0 Å². The second-order valence-corrected chi connectivity index (χ2v) is 8.53. The molecule has 0 aromatic heterocycles. The lowest BCUT2D eigenvalue weighted by Crippen LogP contribution is -2.38. The van der Waals surface area contributed by atoms with E-state index in [4.69, 9.17) is 9.84 Å². The number of aliphatic carboxylic acids is 1. The second kappa shape index (κ2) is 9.46. The van der Waals surface area contributed by atoms with Crippen LogP contribution >= 0.6 is 15.9 Å². The average molecular weight is 509 g/mol. The highest BCUT2D eigenvalue weighted by molar-refractivity contribution is 9.10. The van der Waals surface area contributed by atoms with E-state index in [9.17, 15) is 14.4 Å². The van der Waals surface area contributed by atoms with Crippen LogP contribution in [-0.4, -0.2) is 35.7 Å². The number of carbonyl (C=O) groups excluding carboxylic acids is 2. The van der Waals surface area contributed by atoms with Crippen LogP contribution in [0, 0.1) is 0 Å². The zero-order chi connectivity index (χ0) is 23.5. The quantitative estimate of drug-likeness (QED) is 0.433. The maximum Gasteiger partial charge on any atom is 0.411 e. The van der Waals surface area contributed by atoms with E-state index in [0.717, 1.165) is 22.3 Å². The summed E-state index contributed by atoms with van der Waals surface area (Å²) >= 11 is 3.33. The Kier molecular flexibility index (Phi) is 6.46. The number of carboxylic acid groups (broad SMARTS) is 1. The molecule has 0 spiro atoms. The van der Waals surface area contributed by atoms with Crippen molar-refractivity contribution >= 4 is 39.6 Å². The van der Waals surface area contributed by atoms with Gasteiger partial charge in [-0.3, -0.25) is 14.9 Å². The summed E-state index contributed by atoms with van der Waals surface area (Å²) < 4.78 is 6.00. The fraction of sp³-hybridized carbons (Fsp3) is 0.160. The minimum absolute atomic E-state index is 0.0473. The summed E-state index contributed by atoms with van der Waals surface area (Å²) in [5.41, 5.74) is 5.23. The van der Waals surface area contributed by atoms with Crippen molar-refractivity contribution in [3.63, 3.8) is 0 Å². The van der Waals surface area contributed by atoms with Gasteiger partial charge >= 0.3 is 12.1 Å². The largest absolute Gasteiger partial charge is 0.480 e. The van der Waals surface area contributed by atoms with Crippen molar-refractivity contribution in [2.24, 2.45) is 0 Å². The molecule has 168 valence electrons. The molecule has 0 radical (unpaired) electrons. The van der Waals surface area contributed by atoms with Crippen LogP contribution in [0.4, 0.5) is 10.5 Å². The maximum atomic E-state index is 12.5. The monoisotopic (exact) mass is 508 g/mol. The molecule has 0 saturated carbocycles. The third-order valence-electron chi connectivity index (χ3n) is 5.53. The molecule has 0 fully saturated rings. The van der Waals surface area contributed by atoms with Crippen molar-refractivity contribution in [3.05, 3.63) is 87.9 Å². The van der Waals surface area contributed by atoms with Crippen LogP contribution in [0.25, 0.3) is 11.1 Å². The van der Waals surface area contributed by atoms with E-state index in [0.29, 0.717) is 10.2 Å². The van der Waals surface area contributed by atoms with Gasteiger partial charge < -0.3 is 15.2 Å². The molecule has 8 heteroatoms. The van der Waals surface area contributed by atoms with Gasteiger partial charge in [0.05, 0.1) is 5.69 Å². The van der Waals surface area contributed by atoms with E-state index >= 15 is 0 Å². The first kappa shape index (κ1) is 22.5. The van der Waals surface area contributed by atoms with Crippen molar-refractivity contribution in [3.8, 4) is 11.1 Å². The molecule has 3 N–H and O–H groups in total. The molecule has 1 atom stereocenters. The normalized spacial score (nSPS) is 12.9. The molecule has 0 unspecified atom stereocenters. The van der Waals surface area contributed by atoms with Crippen molar-refractivity contribution in [1.29, 1.82) is 0 Å². The van der Waals surface area contributed by atoms with Crippen LogP contribution < -0.4 is 10.6 Å². The van der Waals surface area contributed by atoms with E-state index < -0.39 is 24.0 Å². The Labute approximate surface area is 198 Å². The summed E-state index contributed by atoms with van der Waals surface area (Å²) in [5.74, 6) is -1.71. The van der Waals surface area contributed by atoms with Gasteiger partial charge in [-0.15, -0.1) is 0 Å². The van der Waals surface area contributed by atoms with Gasteiger partial charge in [0.25, 0.3) is 5.91 Å². The number of hydrogen-bond acceptors (Lipinski definition) is 4. The van der Waals surface area contributed by atoms with Crippen molar-refractivity contribution in [2.45, 2.75) is 18.9 Å². The lowest BCUT2D eigenvalue weighted by Gasteiger charge is -2.15. The van der Waals surface area contributed by atoms with Gasteiger partial charge in [0.15, 0.2) is 0 Å². The fourth-order valence-electron chi connectivity index (χ4n) is 3.84. The van der Waals surface area contributed by atoms with E-state index in [1.54, 1.807) is 6.07 Å². The van der Waals surface area contributed by atoms with Gasteiger partial charge in [0.1, 0.15) is 12.6 Å². The van der Waals surface area contributed by atoms with Gasteiger partial charge in [0, 0.05) is 16.0 Å². The number of benzene rings is 3. The fourth-order valence-corrected chi connectivity index (χ4v) is 4.32. The zero-order valence-corrected chi connectivity index (χ0v) is 19.3. The Morgan fingerprint density at radius 2 is 1.61 bits per heavy atom. The van der Waals surface area contributed by atoms with Crippen LogP contribution in [0.15, 0.2) is 71.2 Å². The topological polar surface area (TPSA) is 105 Å². The summed E-state index contributed by atoms with van der Waals surface area (Å²) in [6, 6.07) is 19.7. The first-order valence-corrected chi connectivity index (χ1v) is 11.1. The Balaban J connectivity index is 1.41. The van der Waals surface area contributed by atoms with Gasteiger partial charge in [0.2, 0.25) is 0 Å². The van der Waals surface area contributed by atoms with Crippen LogP contribution in [-0.2, 0) is 9.53 Å². The predicted octanol–water partition coefficient (Wildman–Crippen LogP) is 5.01. The lowest BCUT2D eigenvalue weighted by atomic mass is 9.98. The molecule has 0 bridgehead atoms. The maximum absolute atomic E-state index is 12.5. The number of anilines is 1. The number of halogens is 1. The van der Waals surface area contributed by atoms with E-state index in [1.165, 1.54) is 19.1 Å². The van der Waals surface area contributed by atoms with E-state index in [-0.39, 0.29) is 18.1 Å². The van der Waals surface area contributed by atoms with Crippen LogP contribution in [0.1, 0.15) is 34.3 Å². The average Bonchev–Trinajstić information content (AvgIpc) is 3.12. The van der Waals surface area contributed by atoms with E-state index in [2.05, 4.69) is 38.7 Å². The van der Waals surface area contributed by atoms with Crippen LogP contribution in [0.2, 0.25) is 0 Å². The third kappa shape index (κ3) is 4.75. The minimum Gasteiger partial charge on any atom is -0.480 e. The molecule has 0 saturated heterocycles. The Hall–Kier alpha value is -3.65. The molecule has 33 heavy (non-hydrogen) atoms.